The molecule has 1 heterocycles. The standard InChI is InChI=1S/C19H14F2N2OS/c1-3-15-17(12-7-4-6-11(2)10-12)25-19(22-15)23-18(24)16-13(20)8-5-9-14(16)21/h3-10H,1H2,2H3,(H,22,23,24). The molecule has 1 aromatic heterocycles. The predicted octanol–water partition coefficient (Wildman–Crippen LogP) is 5.29. The number of rotatable bonds is 4. The van der Waals surface area contributed by atoms with Crippen LogP contribution in [0.25, 0.3) is 16.5 Å². The van der Waals surface area contributed by atoms with Gasteiger partial charge in [0.1, 0.15) is 17.2 Å². The Morgan fingerprint density at radius 2 is 1.88 bits per heavy atom. The van der Waals surface area contributed by atoms with E-state index in [2.05, 4.69) is 16.9 Å². The number of amides is 1. The third kappa shape index (κ3) is 3.49. The second-order valence-corrected chi connectivity index (χ2v) is 6.36. The number of halogens is 2. The lowest BCUT2D eigenvalue weighted by Crippen LogP contribution is -2.15. The highest BCUT2D eigenvalue weighted by Gasteiger charge is 2.19. The maximum absolute atomic E-state index is 13.7. The molecule has 0 fully saturated rings. The number of aryl methyl sites for hydroxylation is 1. The van der Waals surface area contributed by atoms with Gasteiger partial charge in [-0.25, -0.2) is 13.8 Å². The molecular weight excluding hydrogens is 342 g/mol. The molecule has 0 saturated heterocycles. The molecule has 2 aromatic carbocycles. The maximum Gasteiger partial charge on any atom is 0.263 e. The summed E-state index contributed by atoms with van der Waals surface area (Å²) < 4.78 is 27.5. The Morgan fingerprint density at radius 3 is 2.52 bits per heavy atom. The van der Waals surface area contributed by atoms with Gasteiger partial charge in [-0.15, -0.1) is 0 Å². The fourth-order valence-electron chi connectivity index (χ4n) is 2.39. The van der Waals surface area contributed by atoms with Gasteiger partial charge in [0, 0.05) is 0 Å². The lowest BCUT2D eigenvalue weighted by molar-refractivity contribution is 0.101. The van der Waals surface area contributed by atoms with Crippen molar-refractivity contribution in [2.24, 2.45) is 0 Å². The van der Waals surface area contributed by atoms with Crippen molar-refractivity contribution in [1.82, 2.24) is 4.98 Å². The van der Waals surface area contributed by atoms with Crippen LogP contribution < -0.4 is 5.32 Å². The SMILES string of the molecule is C=Cc1nc(NC(=O)c2c(F)cccc2F)sc1-c1cccc(C)c1. The Hall–Kier alpha value is -2.86. The maximum atomic E-state index is 13.7. The normalized spacial score (nSPS) is 10.5. The van der Waals surface area contributed by atoms with Crippen molar-refractivity contribution in [1.29, 1.82) is 0 Å². The van der Waals surface area contributed by atoms with Crippen LogP contribution in [0.5, 0.6) is 0 Å². The summed E-state index contributed by atoms with van der Waals surface area (Å²) in [6, 6.07) is 11.1. The highest BCUT2D eigenvalue weighted by Crippen LogP contribution is 2.34. The molecule has 3 nitrogen and oxygen atoms in total. The minimum Gasteiger partial charge on any atom is -0.298 e. The van der Waals surface area contributed by atoms with Crippen LogP contribution in [0.3, 0.4) is 0 Å². The van der Waals surface area contributed by atoms with Crippen LogP contribution in [0, 0.1) is 18.6 Å². The third-order valence-electron chi connectivity index (χ3n) is 3.54. The zero-order chi connectivity index (χ0) is 18.0. The van der Waals surface area contributed by atoms with Crippen molar-refractivity contribution < 1.29 is 13.6 Å². The lowest BCUT2D eigenvalue weighted by atomic mass is 10.1. The van der Waals surface area contributed by atoms with Crippen LogP contribution in [0.4, 0.5) is 13.9 Å². The molecule has 3 aromatic rings. The van der Waals surface area contributed by atoms with Gasteiger partial charge in [-0.1, -0.05) is 53.8 Å². The quantitative estimate of drug-likeness (QED) is 0.690. The lowest BCUT2D eigenvalue weighted by Gasteiger charge is -2.04. The van der Waals surface area contributed by atoms with Gasteiger partial charge < -0.3 is 0 Å². The van der Waals surface area contributed by atoms with Gasteiger partial charge >= 0.3 is 0 Å². The fourth-order valence-corrected chi connectivity index (χ4v) is 3.35. The van der Waals surface area contributed by atoms with Crippen molar-refractivity contribution in [3.05, 3.63) is 77.5 Å². The topological polar surface area (TPSA) is 42.0 Å². The molecular formula is C19H14F2N2OS. The number of nitrogens with zero attached hydrogens (tertiary/aromatic N) is 1. The zero-order valence-corrected chi connectivity index (χ0v) is 14.2. The van der Waals surface area contributed by atoms with Crippen LogP contribution in [0.15, 0.2) is 49.0 Å². The van der Waals surface area contributed by atoms with E-state index in [-0.39, 0.29) is 5.13 Å². The number of nitrogens with one attached hydrogen (secondary N) is 1. The van der Waals surface area contributed by atoms with Crippen molar-refractivity contribution in [2.45, 2.75) is 6.92 Å². The van der Waals surface area contributed by atoms with E-state index >= 15 is 0 Å². The minimum atomic E-state index is -0.920. The summed E-state index contributed by atoms with van der Waals surface area (Å²) in [7, 11) is 0. The molecule has 1 N–H and O–H groups in total. The summed E-state index contributed by atoms with van der Waals surface area (Å²) in [4.78, 5) is 17.3. The first-order valence-electron chi connectivity index (χ1n) is 7.45. The van der Waals surface area contributed by atoms with Gasteiger partial charge in [-0.2, -0.15) is 0 Å². The van der Waals surface area contributed by atoms with Gasteiger partial charge in [0.2, 0.25) is 0 Å². The highest BCUT2D eigenvalue weighted by molar-refractivity contribution is 7.19. The van der Waals surface area contributed by atoms with Crippen LogP contribution >= 0.6 is 11.3 Å². The zero-order valence-electron chi connectivity index (χ0n) is 13.3. The molecule has 0 unspecified atom stereocenters. The predicted molar refractivity (Wildman–Crippen MR) is 96.7 cm³/mol. The van der Waals surface area contributed by atoms with Crippen molar-refractivity contribution >= 4 is 28.5 Å². The Balaban J connectivity index is 1.94. The van der Waals surface area contributed by atoms with Gasteiger partial charge in [0.05, 0.1) is 10.6 Å². The van der Waals surface area contributed by atoms with Gasteiger partial charge in [0.25, 0.3) is 5.91 Å². The van der Waals surface area contributed by atoms with Gasteiger partial charge in [-0.05, 0) is 30.7 Å². The number of hydrogen-bond donors (Lipinski definition) is 1. The van der Waals surface area contributed by atoms with Gasteiger partial charge in [-0.3, -0.25) is 10.1 Å². The molecule has 0 radical (unpaired) electrons. The van der Waals surface area contributed by atoms with E-state index in [4.69, 9.17) is 0 Å². The van der Waals surface area contributed by atoms with Crippen molar-refractivity contribution in [2.75, 3.05) is 5.32 Å². The molecule has 0 aliphatic carbocycles. The van der Waals surface area contributed by atoms with Gasteiger partial charge in [0.15, 0.2) is 5.13 Å². The molecule has 1 amide bonds. The van der Waals surface area contributed by atoms with Crippen LogP contribution in [0.2, 0.25) is 0 Å². The summed E-state index contributed by atoms with van der Waals surface area (Å²) in [5.41, 5.74) is 1.99. The first-order chi connectivity index (χ1) is 12.0. The summed E-state index contributed by atoms with van der Waals surface area (Å²) in [5.74, 6) is -2.72. The fraction of sp³-hybridized carbons (Fsp3) is 0.0526. The number of hydrogen-bond acceptors (Lipinski definition) is 3. The van der Waals surface area contributed by atoms with E-state index in [1.807, 2.05) is 31.2 Å². The second-order valence-electron chi connectivity index (χ2n) is 5.36. The molecule has 3 rings (SSSR count). The highest BCUT2D eigenvalue weighted by atomic mass is 32.1. The molecule has 0 aliphatic rings. The van der Waals surface area contributed by atoms with E-state index in [9.17, 15) is 13.6 Å². The summed E-state index contributed by atoms with van der Waals surface area (Å²) >= 11 is 1.22. The average molecular weight is 356 g/mol. The number of benzene rings is 2. The van der Waals surface area contributed by atoms with Crippen molar-refractivity contribution in [3.8, 4) is 10.4 Å². The van der Waals surface area contributed by atoms with E-state index < -0.39 is 23.1 Å². The van der Waals surface area contributed by atoms with Crippen LogP contribution in [-0.2, 0) is 0 Å². The molecule has 0 aliphatic heterocycles. The minimum absolute atomic E-state index is 0.249. The largest absolute Gasteiger partial charge is 0.298 e. The summed E-state index contributed by atoms with van der Waals surface area (Å²) in [5, 5.41) is 2.71. The molecule has 0 saturated carbocycles. The van der Waals surface area contributed by atoms with E-state index in [1.54, 1.807) is 6.08 Å². The van der Waals surface area contributed by atoms with E-state index in [1.165, 1.54) is 17.4 Å². The number of carbonyl (C=O) groups excluding carboxylic acids is 1. The van der Waals surface area contributed by atoms with E-state index in [0.29, 0.717) is 5.69 Å². The number of aromatic nitrogens is 1. The molecule has 0 bridgehead atoms. The Bertz CT molecular complexity index is 946. The molecule has 6 heteroatoms. The van der Waals surface area contributed by atoms with Crippen molar-refractivity contribution in [3.63, 3.8) is 0 Å². The second kappa shape index (κ2) is 6.94. The molecule has 25 heavy (non-hydrogen) atoms. The van der Waals surface area contributed by atoms with E-state index in [0.717, 1.165) is 28.1 Å². The third-order valence-corrected chi connectivity index (χ3v) is 4.57. The number of anilines is 1. The molecule has 126 valence electrons. The number of thiazole rings is 1. The summed E-state index contributed by atoms with van der Waals surface area (Å²) in [6.07, 6.45) is 1.58. The Morgan fingerprint density at radius 1 is 1.20 bits per heavy atom. The monoisotopic (exact) mass is 356 g/mol. The van der Waals surface area contributed by atoms with Crippen LogP contribution in [-0.4, -0.2) is 10.9 Å². The first kappa shape index (κ1) is 17.0. The Kier molecular flexibility index (Phi) is 4.72. The number of carbonyl (C=O) groups is 1. The smallest absolute Gasteiger partial charge is 0.263 e. The molecule has 0 spiro atoms. The summed E-state index contributed by atoms with van der Waals surface area (Å²) in [6.45, 7) is 5.70. The van der Waals surface area contributed by atoms with Crippen LogP contribution in [0.1, 0.15) is 21.6 Å². The molecule has 0 atom stereocenters. The Labute approximate surface area is 147 Å². The average Bonchev–Trinajstić information content (AvgIpc) is 2.97. The first-order valence-corrected chi connectivity index (χ1v) is 8.27.